The Hall–Kier alpha value is -1.98. The predicted octanol–water partition coefficient (Wildman–Crippen LogP) is 3.00. The van der Waals surface area contributed by atoms with Crippen molar-refractivity contribution in [3.8, 4) is 0 Å². The number of benzene rings is 1. The van der Waals surface area contributed by atoms with Gasteiger partial charge in [0.2, 0.25) is 11.8 Å². The number of rotatable bonds is 2. The quantitative estimate of drug-likeness (QED) is 0.842. The summed E-state index contributed by atoms with van der Waals surface area (Å²) in [5.41, 5.74) is -0.0641. The second-order valence-corrected chi connectivity index (χ2v) is 5.74. The summed E-state index contributed by atoms with van der Waals surface area (Å²) in [7, 11) is 0. The van der Waals surface area contributed by atoms with Crippen molar-refractivity contribution < 1.29 is 18.4 Å². The standard InChI is InChI=1S/C16H18F2N2O2/c17-15-11(19-9-3-1-5-13(19)21)7-8-12(16(15)18)20-10-4-2-6-14(20)22/h7-8H,1-6,9-10H2. The van der Waals surface area contributed by atoms with E-state index in [0.29, 0.717) is 25.9 Å². The molecule has 0 unspecified atom stereocenters. The molecule has 0 saturated carbocycles. The number of amides is 2. The molecule has 0 aliphatic carbocycles. The van der Waals surface area contributed by atoms with Gasteiger partial charge in [-0.25, -0.2) is 8.78 Å². The minimum Gasteiger partial charge on any atom is -0.310 e. The van der Waals surface area contributed by atoms with E-state index in [-0.39, 0.29) is 23.2 Å². The van der Waals surface area contributed by atoms with Gasteiger partial charge in [-0.1, -0.05) is 0 Å². The minimum absolute atomic E-state index is 0.0320. The Morgan fingerprint density at radius 2 is 1.14 bits per heavy atom. The number of anilines is 2. The number of halogens is 2. The monoisotopic (exact) mass is 308 g/mol. The largest absolute Gasteiger partial charge is 0.310 e. The first-order chi connectivity index (χ1) is 10.6. The number of piperidine rings is 2. The summed E-state index contributed by atoms with van der Waals surface area (Å²) in [5, 5.41) is 0. The van der Waals surface area contributed by atoms with Gasteiger partial charge in [-0.2, -0.15) is 0 Å². The summed E-state index contributed by atoms with van der Waals surface area (Å²) in [6, 6.07) is 2.80. The molecule has 1 aromatic rings. The molecule has 4 nitrogen and oxygen atoms in total. The average Bonchev–Trinajstić information content (AvgIpc) is 2.52. The van der Waals surface area contributed by atoms with Crippen molar-refractivity contribution in [3.63, 3.8) is 0 Å². The van der Waals surface area contributed by atoms with Gasteiger partial charge in [-0.3, -0.25) is 9.59 Å². The Labute approximate surface area is 127 Å². The molecular weight excluding hydrogens is 290 g/mol. The van der Waals surface area contributed by atoms with Crippen LogP contribution in [0.3, 0.4) is 0 Å². The summed E-state index contributed by atoms with van der Waals surface area (Å²) in [4.78, 5) is 26.3. The maximum absolute atomic E-state index is 14.4. The van der Waals surface area contributed by atoms with E-state index in [9.17, 15) is 18.4 Å². The molecule has 2 aliphatic heterocycles. The van der Waals surface area contributed by atoms with Crippen LogP contribution < -0.4 is 9.80 Å². The van der Waals surface area contributed by atoms with E-state index >= 15 is 0 Å². The molecule has 0 aromatic heterocycles. The van der Waals surface area contributed by atoms with Crippen LogP contribution in [-0.4, -0.2) is 24.9 Å². The number of carbonyl (C=O) groups is 2. The lowest BCUT2D eigenvalue weighted by Gasteiger charge is -2.30. The van der Waals surface area contributed by atoms with Crippen molar-refractivity contribution in [2.45, 2.75) is 38.5 Å². The number of hydrogen-bond acceptors (Lipinski definition) is 2. The van der Waals surface area contributed by atoms with Gasteiger partial charge in [0.05, 0.1) is 11.4 Å². The van der Waals surface area contributed by atoms with Gasteiger partial charge >= 0.3 is 0 Å². The molecule has 0 N–H and O–H groups in total. The molecule has 2 saturated heterocycles. The number of hydrogen-bond donors (Lipinski definition) is 0. The van der Waals surface area contributed by atoms with E-state index in [2.05, 4.69) is 0 Å². The zero-order valence-electron chi connectivity index (χ0n) is 12.3. The summed E-state index contributed by atoms with van der Waals surface area (Å²) in [5.74, 6) is -2.48. The number of carbonyl (C=O) groups excluding carboxylic acids is 2. The van der Waals surface area contributed by atoms with Gasteiger partial charge < -0.3 is 9.80 Å². The van der Waals surface area contributed by atoms with E-state index in [1.54, 1.807) is 0 Å². The lowest BCUT2D eigenvalue weighted by Crippen LogP contribution is -2.37. The van der Waals surface area contributed by atoms with Crippen LogP contribution in [0.2, 0.25) is 0 Å². The van der Waals surface area contributed by atoms with Crippen LogP contribution in [0.5, 0.6) is 0 Å². The summed E-state index contributed by atoms with van der Waals surface area (Å²) < 4.78 is 28.8. The Morgan fingerprint density at radius 1 is 0.727 bits per heavy atom. The third-order valence-corrected chi connectivity index (χ3v) is 4.27. The molecule has 2 heterocycles. The average molecular weight is 308 g/mol. The van der Waals surface area contributed by atoms with Crippen LogP contribution in [0.1, 0.15) is 38.5 Å². The van der Waals surface area contributed by atoms with Crippen molar-refractivity contribution >= 4 is 23.2 Å². The van der Waals surface area contributed by atoms with E-state index in [1.165, 1.54) is 21.9 Å². The molecule has 0 radical (unpaired) electrons. The van der Waals surface area contributed by atoms with Crippen LogP contribution >= 0.6 is 0 Å². The molecule has 2 fully saturated rings. The van der Waals surface area contributed by atoms with Crippen LogP contribution in [0.25, 0.3) is 0 Å². The fourth-order valence-corrected chi connectivity index (χ4v) is 3.07. The van der Waals surface area contributed by atoms with E-state index in [0.717, 1.165) is 25.7 Å². The van der Waals surface area contributed by atoms with Gasteiger partial charge in [0.1, 0.15) is 0 Å². The zero-order chi connectivity index (χ0) is 15.7. The highest BCUT2D eigenvalue weighted by molar-refractivity contribution is 5.96. The molecule has 0 atom stereocenters. The van der Waals surface area contributed by atoms with Crippen molar-refractivity contribution in [1.82, 2.24) is 0 Å². The molecule has 0 spiro atoms. The second-order valence-electron chi connectivity index (χ2n) is 5.74. The van der Waals surface area contributed by atoms with E-state index < -0.39 is 11.6 Å². The Kier molecular flexibility index (Phi) is 4.09. The van der Waals surface area contributed by atoms with Crippen molar-refractivity contribution in [2.24, 2.45) is 0 Å². The van der Waals surface area contributed by atoms with Gasteiger partial charge in [0.25, 0.3) is 0 Å². The Bertz CT molecular complexity index is 565. The van der Waals surface area contributed by atoms with Crippen LogP contribution in [0.4, 0.5) is 20.2 Å². The fourth-order valence-electron chi connectivity index (χ4n) is 3.07. The maximum atomic E-state index is 14.4. The topological polar surface area (TPSA) is 40.6 Å². The van der Waals surface area contributed by atoms with Crippen LogP contribution in [0.15, 0.2) is 12.1 Å². The third-order valence-electron chi connectivity index (χ3n) is 4.27. The van der Waals surface area contributed by atoms with Crippen molar-refractivity contribution in [2.75, 3.05) is 22.9 Å². The summed E-state index contributed by atoms with van der Waals surface area (Å²) in [6.07, 6.45) is 3.82. The summed E-state index contributed by atoms with van der Waals surface area (Å²) >= 11 is 0. The molecule has 0 bridgehead atoms. The number of nitrogens with zero attached hydrogens (tertiary/aromatic N) is 2. The smallest absolute Gasteiger partial charge is 0.227 e. The molecule has 22 heavy (non-hydrogen) atoms. The zero-order valence-corrected chi connectivity index (χ0v) is 12.3. The lowest BCUT2D eigenvalue weighted by molar-refractivity contribution is -0.120. The summed E-state index contributed by atoms with van der Waals surface area (Å²) in [6.45, 7) is 0.800. The molecule has 3 rings (SSSR count). The highest BCUT2D eigenvalue weighted by atomic mass is 19.2. The molecule has 1 aromatic carbocycles. The molecule has 118 valence electrons. The van der Waals surface area contributed by atoms with Gasteiger partial charge in [0.15, 0.2) is 11.6 Å². The SMILES string of the molecule is O=C1CCCCN1c1ccc(N2CCCCC2=O)c(F)c1F. The first kappa shape index (κ1) is 14.9. The maximum Gasteiger partial charge on any atom is 0.227 e. The first-order valence-corrected chi connectivity index (χ1v) is 7.68. The fraction of sp³-hybridized carbons (Fsp3) is 0.500. The van der Waals surface area contributed by atoms with Gasteiger partial charge in [-0.05, 0) is 37.8 Å². The lowest BCUT2D eigenvalue weighted by atomic mass is 10.1. The van der Waals surface area contributed by atoms with Crippen molar-refractivity contribution in [1.29, 1.82) is 0 Å². The van der Waals surface area contributed by atoms with Crippen LogP contribution in [0, 0.1) is 11.6 Å². The third kappa shape index (κ3) is 2.58. The molecular formula is C16H18F2N2O2. The van der Waals surface area contributed by atoms with E-state index in [1.807, 2.05) is 0 Å². The molecule has 2 amide bonds. The van der Waals surface area contributed by atoms with Gasteiger partial charge in [0, 0.05) is 25.9 Å². The Morgan fingerprint density at radius 3 is 1.50 bits per heavy atom. The Balaban J connectivity index is 1.94. The van der Waals surface area contributed by atoms with Crippen LogP contribution in [-0.2, 0) is 9.59 Å². The van der Waals surface area contributed by atoms with E-state index in [4.69, 9.17) is 0 Å². The predicted molar refractivity (Wildman–Crippen MR) is 78.8 cm³/mol. The highest BCUT2D eigenvalue weighted by Crippen LogP contribution is 2.32. The minimum atomic E-state index is -1.05. The first-order valence-electron chi connectivity index (χ1n) is 7.68. The van der Waals surface area contributed by atoms with Crippen molar-refractivity contribution in [3.05, 3.63) is 23.8 Å². The normalized spacial score (nSPS) is 19.7. The molecule has 6 heteroatoms. The highest BCUT2D eigenvalue weighted by Gasteiger charge is 2.28. The van der Waals surface area contributed by atoms with Gasteiger partial charge in [-0.15, -0.1) is 0 Å². The molecule has 2 aliphatic rings. The second kappa shape index (κ2) is 6.02.